The second-order valence-corrected chi connectivity index (χ2v) is 7.32. The molecule has 0 aliphatic carbocycles. The zero-order chi connectivity index (χ0) is 23.6. The first-order valence-electron chi connectivity index (χ1n) is 9.97. The van der Waals surface area contributed by atoms with Gasteiger partial charge in [-0.25, -0.2) is 14.4 Å². The minimum Gasteiger partial charge on any atom is -0.460 e. The molecule has 9 nitrogen and oxygen atoms in total. The fourth-order valence-corrected chi connectivity index (χ4v) is 3.10. The number of alkyl halides is 1. The molecule has 1 aromatic heterocycles. The number of aromatic nitrogens is 2. The summed E-state index contributed by atoms with van der Waals surface area (Å²) in [4.78, 5) is 50.0. The number of carbonyl (C=O) groups excluding carboxylic acids is 2. The van der Waals surface area contributed by atoms with Crippen LogP contribution in [-0.2, 0) is 14.2 Å². The molecule has 0 saturated carbocycles. The molecule has 0 spiro atoms. The lowest BCUT2D eigenvalue weighted by Gasteiger charge is -2.24. The minimum absolute atomic E-state index is 0.106. The van der Waals surface area contributed by atoms with E-state index in [9.17, 15) is 19.2 Å². The standard InChI is InChI=1S/C23H21ClN2O7/c24-18(15-33-22(29)17-9-5-2-6-10-17)20(26-12-11-19(27)25-23(26)30)31-13-14-32-21(28)16-7-3-1-4-8-16/h1-12,18,20H,13-15H2,(H,25,27,30)/t18-,20+/m1/s1. The van der Waals surface area contributed by atoms with Crippen LogP contribution >= 0.6 is 11.6 Å². The Labute approximate surface area is 193 Å². The van der Waals surface area contributed by atoms with Gasteiger partial charge in [0.05, 0.1) is 17.7 Å². The van der Waals surface area contributed by atoms with E-state index >= 15 is 0 Å². The van der Waals surface area contributed by atoms with E-state index in [4.69, 9.17) is 25.8 Å². The van der Waals surface area contributed by atoms with Gasteiger partial charge in [-0.3, -0.25) is 14.3 Å². The zero-order valence-corrected chi connectivity index (χ0v) is 18.1. The maximum Gasteiger partial charge on any atom is 0.338 e. The van der Waals surface area contributed by atoms with Crippen molar-refractivity contribution in [3.8, 4) is 0 Å². The fraction of sp³-hybridized carbons (Fsp3) is 0.217. The van der Waals surface area contributed by atoms with Crippen molar-refractivity contribution in [1.82, 2.24) is 9.55 Å². The van der Waals surface area contributed by atoms with Crippen molar-refractivity contribution >= 4 is 23.5 Å². The van der Waals surface area contributed by atoms with Crippen LogP contribution in [0.15, 0.2) is 82.5 Å². The van der Waals surface area contributed by atoms with Crippen molar-refractivity contribution in [1.29, 1.82) is 0 Å². The predicted molar refractivity (Wildman–Crippen MR) is 119 cm³/mol. The zero-order valence-electron chi connectivity index (χ0n) is 17.4. The summed E-state index contributed by atoms with van der Waals surface area (Å²) in [6.45, 7) is -0.504. The van der Waals surface area contributed by atoms with Gasteiger partial charge in [0.1, 0.15) is 18.6 Å². The Kier molecular flexibility index (Phi) is 8.56. The number of halogens is 1. The van der Waals surface area contributed by atoms with Gasteiger partial charge in [-0.1, -0.05) is 36.4 Å². The van der Waals surface area contributed by atoms with Gasteiger partial charge in [-0.15, -0.1) is 11.6 Å². The third kappa shape index (κ3) is 6.90. The van der Waals surface area contributed by atoms with Crippen LogP contribution in [0, 0.1) is 0 Å². The van der Waals surface area contributed by atoms with E-state index in [1.165, 1.54) is 6.20 Å². The van der Waals surface area contributed by atoms with Gasteiger partial charge >= 0.3 is 17.6 Å². The topological polar surface area (TPSA) is 117 Å². The molecule has 2 atom stereocenters. The van der Waals surface area contributed by atoms with E-state index in [0.29, 0.717) is 11.1 Å². The van der Waals surface area contributed by atoms with Crippen molar-refractivity contribution in [2.24, 2.45) is 0 Å². The molecule has 0 saturated heterocycles. The van der Waals surface area contributed by atoms with E-state index in [2.05, 4.69) is 4.98 Å². The molecule has 3 rings (SSSR count). The monoisotopic (exact) mass is 472 g/mol. The molecule has 0 bridgehead atoms. The Morgan fingerprint density at radius 2 is 1.42 bits per heavy atom. The molecule has 0 fully saturated rings. The van der Waals surface area contributed by atoms with Crippen LogP contribution in [0.3, 0.4) is 0 Å². The summed E-state index contributed by atoms with van der Waals surface area (Å²) in [5.74, 6) is -1.12. The lowest BCUT2D eigenvalue weighted by Crippen LogP contribution is -2.38. The Morgan fingerprint density at radius 1 is 0.848 bits per heavy atom. The van der Waals surface area contributed by atoms with Crippen LogP contribution in [0.1, 0.15) is 26.9 Å². The Hall–Kier alpha value is -3.69. The summed E-state index contributed by atoms with van der Waals surface area (Å²) < 4.78 is 17.1. The lowest BCUT2D eigenvalue weighted by molar-refractivity contribution is -0.0369. The summed E-state index contributed by atoms with van der Waals surface area (Å²) in [6, 6.07) is 17.9. The third-order valence-electron chi connectivity index (χ3n) is 4.43. The predicted octanol–water partition coefficient (Wildman–Crippen LogP) is 2.37. The molecule has 0 unspecified atom stereocenters. The molecule has 10 heteroatoms. The molecule has 0 aliphatic heterocycles. The molecular formula is C23H21ClN2O7. The summed E-state index contributed by atoms with van der Waals surface area (Å²) >= 11 is 6.40. The van der Waals surface area contributed by atoms with Crippen LogP contribution in [0.2, 0.25) is 0 Å². The van der Waals surface area contributed by atoms with Crippen LogP contribution in [-0.4, -0.2) is 46.7 Å². The smallest absolute Gasteiger partial charge is 0.338 e. The number of carbonyl (C=O) groups is 2. The van der Waals surface area contributed by atoms with Crippen LogP contribution in [0.5, 0.6) is 0 Å². The van der Waals surface area contributed by atoms with Gasteiger partial charge in [-0.05, 0) is 24.3 Å². The molecule has 33 heavy (non-hydrogen) atoms. The van der Waals surface area contributed by atoms with Gasteiger partial charge in [0.15, 0.2) is 6.23 Å². The summed E-state index contributed by atoms with van der Waals surface area (Å²) in [5, 5.41) is -0.994. The molecule has 0 radical (unpaired) electrons. The van der Waals surface area contributed by atoms with E-state index in [1.54, 1.807) is 60.7 Å². The molecule has 1 N–H and O–H groups in total. The van der Waals surface area contributed by atoms with Crippen LogP contribution in [0.4, 0.5) is 0 Å². The minimum atomic E-state index is -1.12. The molecule has 0 aliphatic rings. The van der Waals surface area contributed by atoms with Gasteiger partial charge in [-0.2, -0.15) is 0 Å². The van der Waals surface area contributed by atoms with Crippen molar-refractivity contribution in [3.63, 3.8) is 0 Å². The maximum absolute atomic E-state index is 12.2. The van der Waals surface area contributed by atoms with E-state index in [-0.39, 0.29) is 19.8 Å². The van der Waals surface area contributed by atoms with Gasteiger partial charge in [0.2, 0.25) is 0 Å². The number of nitrogens with zero attached hydrogens (tertiary/aromatic N) is 1. The molecule has 3 aromatic rings. The average molecular weight is 473 g/mol. The Bertz CT molecular complexity index is 1180. The van der Waals surface area contributed by atoms with E-state index < -0.39 is 34.8 Å². The summed E-state index contributed by atoms with van der Waals surface area (Å²) in [6.07, 6.45) is 0.103. The molecule has 172 valence electrons. The number of H-pyrrole nitrogens is 1. The second-order valence-electron chi connectivity index (χ2n) is 6.76. The highest BCUT2D eigenvalue weighted by atomic mass is 35.5. The number of aromatic amines is 1. The van der Waals surface area contributed by atoms with Gasteiger partial charge in [0, 0.05) is 12.3 Å². The fourth-order valence-electron chi connectivity index (χ4n) is 2.84. The van der Waals surface area contributed by atoms with Crippen molar-refractivity contribution in [3.05, 3.63) is 105 Å². The SMILES string of the molecule is O=C(OCCO[C@@H]([C@H](Cl)COC(=O)c1ccccc1)n1ccc(=O)[nH]c1=O)c1ccccc1. The Balaban J connectivity index is 1.63. The first-order valence-corrected chi connectivity index (χ1v) is 10.4. The largest absolute Gasteiger partial charge is 0.460 e. The molecule has 1 heterocycles. The second kappa shape index (κ2) is 11.8. The number of ether oxygens (including phenoxy) is 3. The van der Waals surface area contributed by atoms with Crippen molar-refractivity contribution in [2.45, 2.75) is 11.6 Å². The molecule has 0 amide bonds. The third-order valence-corrected chi connectivity index (χ3v) is 4.77. The van der Waals surface area contributed by atoms with Crippen LogP contribution < -0.4 is 11.2 Å². The quantitative estimate of drug-likeness (QED) is 0.273. The highest BCUT2D eigenvalue weighted by Crippen LogP contribution is 2.18. The van der Waals surface area contributed by atoms with Gasteiger partial charge in [0.25, 0.3) is 5.56 Å². The number of rotatable bonds is 10. The summed E-state index contributed by atoms with van der Waals surface area (Å²) in [7, 11) is 0. The number of hydrogen-bond donors (Lipinski definition) is 1. The molecular weight excluding hydrogens is 452 g/mol. The van der Waals surface area contributed by atoms with Crippen molar-refractivity contribution in [2.75, 3.05) is 19.8 Å². The highest BCUT2D eigenvalue weighted by Gasteiger charge is 2.25. The lowest BCUT2D eigenvalue weighted by atomic mass is 10.2. The Morgan fingerprint density at radius 3 is 2.00 bits per heavy atom. The number of esters is 2. The number of benzene rings is 2. The first-order chi connectivity index (χ1) is 16.0. The van der Waals surface area contributed by atoms with Crippen LogP contribution in [0.25, 0.3) is 0 Å². The molecule has 2 aromatic carbocycles. The van der Waals surface area contributed by atoms with Crippen molar-refractivity contribution < 1.29 is 23.8 Å². The van der Waals surface area contributed by atoms with E-state index in [1.807, 2.05) is 0 Å². The van der Waals surface area contributed by atoms with E-state index in [0.717, 1.165) is 10.6 Å². The number of hydrogen-bond acceptors (Lipinski definition) is 7. The number of nitrogens with one attached hydrogen (secondary N) is 1. The average Bonchev–Trinajstić information content (AvgIpc) is 2.84. The highest BCUT2D eigenvalue weighted by molar-refractivity contribution is 6.21. The summed E-state index contributed by atoms with van der Waals surface area (Å²) in [5.41, 5.74) is -0.621. The maximum atomic E-state index is 12.2. The normalized spacial score (nSPS) is 12.5. The van der Waals surface area contributed by atoms with Gasteiger partial charge < -0.3 is 14.2 Å². The first kappa shape index (κ1) is 24.0.